The molecular weight excluding hydrogens is 206 g/mol. The van der Waals surface area contributed by atoms with Gasteiger partial charge in [-0.1, -0.05) is 17.7 Å². The second kappa shape index (κ2) is 4.56. The maximum Gasteiger partial charge on any atom is 0.0346 e. The molecule has 0 aromatic heterocycles. The summed E-state index contributed by atoms with van der Waals surface area (Å²) in [6.07, 6.45) is 16.9. The van der Waals surface area contributed by atoms with Crippen molar-refractivity contribution in [2.75, 3.05) is 0 Å². The Hall–Kier alpha value is -1.24. The first kappa shape index (κ1) is 10.9. The predicted molar refractivity (Wildman–Crippen MR) is 72.4 cm³/mol. The minimum Gasteiger partial charge on any atom is -0.399 e. The van der Waals surface area contributed by atoms with E-state index in [1.807, 2.05) is 0 Å². The smallest absolute Gasteiger partial charge is 0.0346 e. The van der Waals surface area contributed by atoms with Gasteiger partial charge in [-0.25, -0.2) is 0 Å². The van der Waals surface area contributed by atoms with Gasteiger partial charge >= 0.3 is 0 Å². The van der Waals surface area contributed by atoms with E-state index in [9.17, 15) is 0 Å². The minimum atomic E-state index is 1.00. The second-order valence-corrected chi connectivity index (χ2v) is 5.38. The van der Waals surface area contributed by atoms with Crippen molar-refractivity contribution in [3.05, 3.63) is 46.2 Å². The molecule has 0 aromatic rings. The number of rotatable bonds is 1. The number of nitrogens with two attached hydrogens (primary N) is 1. The van der Waals surface area contributed by atoms with Crippen LogP contribution in [0.25, 0.3) is 0 Å². The van der Waals surface area contributed by atoms with E-state index in [0.717, 1.165) is 18.5 Å². The van der Waals surface area contributed by atoms with Gasteiger partial charge in [0.15, 0.2) is 0 Å². The zero-order valence-electron chi connectivity index (χ0n) is 10.5. The van der Waals surface area contributed by atoms with Gasteiger partial charge in [-0.05, 0) is 74.2 Å². The maximum absolute atomic E-state index is 6.11. The van der Waals surface area contributed by atoms with Crippen molar-refractivity contribution in [3.63, 3.8) is 0 Å². The first-order valence-corrected chi connectivity index (χ1v) is 6.91. The van der Waals surface area contributed by atoms with Gasteiger partial charge in [-0.2, -0.15) is 0 Å². The monoisotopic (exact) mass is 227 g/mol. The molecule has 0 saturated heterocycles. The largest absolute Gasteiger partial charge is 0.399 e. The number of allylic oxidation sites excluding steroid dienone is 7. The van der Waals surface area contributed by atoms with Crippen LogP contribution >= 0.6 is 0 Å². The van der Waals surface area contributed by atoms with Crippen LogP contribution in [0.1, 0.15) is 51.4 Å². The van der Waals surface area contributed by atoms with E-state index >= 15 is 0 Å². The lowest BCUT2D eigenvalue weighted by molar-refractivity contribution is 0.643. The summed E-state index contributed by atoms with van der Waals surface area (Å²) in [6.45, 7) is 0. The number of hydrogen-bond donors (Lipinski definition) is 1. The Balaban J connectivity index is 1.92. The van der Waals surface area contributed by atoms with E-state index in [4.69, 9.17) is 5.73 Å². The highest BCUT2D eigenvalue weighted by molar-refractivity contribution is 5.47. The molecule has 90 valence electrons. The Labute approximate surface area is 104 Å². The van der Waals surface area contributed by atoms with Crippen LogP contribution in [0.5, 0.6) is 0 Å². The molecular formula is C16H21N. The Bertz CT molecular complexity index is 446. The first-order valence-electron chi connectivity index (χ1n) is 6.91. The van der Waals surface area contributed by atoms with Gasteiger partial charge in [0, 0.05) is 5.70 Å². The van der Waals surface area contributed by atoms with Crippen molar-refractivity contribution in [2.45, 2.75) is 51.4 Å². The second-order valence-electron chi connectivity index (χ2n) is 5.38. The van der Waals surface area contributed by atoms with Gasteiger partial charge in [-0.15, -0.1) is 0 Å². The molecule has 3 rings (SSSR count). The van der Waals surface area contributed by atoms with Crippen LogP contribution in [0.4, 0.5) is 0 Å². The minimum absolute atomic E-state index is 1.00. The molecule has 0 aliphatic heterocycles. The quantitative estimate of drug-likeness (QED) is 0.716. The fraction of sp³-hybridized carbons (Fsp3) is 0.500. The fourth-order valence-corrected chi connectivity index (χ4v) is 3.29. The first-order chi connectivity index (χ1) is 8.34. The highest BCUT2D eigenvalue weighted by Crippen LogP contribution is 2.38. The molecule has 0 fully saturated rings. The van der Waals surface area contributed by atoms with Gasteiger partial charge in [0.25, 0.3) is 0 Å². The summed E-state index contributed by atoms with van der Waals surface area (Å²) in [7, 11) is 0. The zero-order chi connectivity index (χ0) is 11.7. The summed E-state index contributed by atoms with van der Waals surface area (Å²) in [6, 6.07) is 0. The third-order valence-electron chi connectivity index (χ3n) is 4.27. The van der Waals surface area contributed by atoms with E-state index in [-0.39, 0.29) is 0 Å². The summed E-state index contributed by atoms with van der Waals surface area (Å²) in [5.74, 6) is 0. The van der Waals surface area contributed by atoms with Gasteiger partial charge in [0.1, 0.15) is 0 Å². The average Bonchev–Trinajstić information content (AvgIpc) is 2.39. The summed E-state index contributed by atoms with van der Waals surface area (Å²) >= 11 is 0. The number of hydrogen-bond acceptors (Lipinski definition) is 1. The molecule has 0 bridgehead atoms. The summed E-state index contributed by atoms with van der Waals surface area (Å²) in [4.78, 5) is 0. The van der Waals surface area contributed by atoms with Gasteiger partial charge < -0.3 is 5.73 Å². The van der Waals surface area contributed by atoms with Crippen molar-refractivity contribution in [1.29, 1.82) is 0 Å². The predicted octanol–water partition coefficient (Wildman–Crippen LogP) is 4.14. The molecule has 0 radical (unpaired) electrons. The third-order valence-corrected chi connectivity index (χ3v) is 4.27. The van der Waals surface area contributed by atoms with Crippen LogP contribution in [0.3, 0.4) is 0 Å². The molecule has 1 heteroatoms. The van der Waals surface area contributed by atoms with Crippen LogP contribution in [0, 0.1) is 0 Å². The Kier molecular flexibility index (Phi) is 2.92. The van der Waals surface area contributed by atoms with Crippen LogP contribution in [0.15, 0.2) is 46.2 Å². The molecule has 0 unspecified atom stereocenters. The van der Waals surface area contributed by atoms with E-state index in [1.54, 1.807) is 11.1 Å². The molecule has 0 amide bonds. The zero-order valence-corrected chi connectivity index (χ0v) is 10.5. The lowest BCUT2D eigenvalue weighted by atomic mass is 9.80. The van der Waals surface area contributed by atoms with Crippen molar-refractivity contribution >= 4 is 0 Å². The Morgan fingerprint density at radius 1 is 0.941 bits per heavy atom. The van der Waals surface area contributed by atoms with Crippen molar-refractivity contribution < 1.29 is 0 Å². The van der Waals surface area contributed by atoms with Gasteiger partial charge in [0.05, 0.1) is 0 Å². The SMILES string of the molecule is NC1=C(C2=CC3=C(CCCC3)CC2)CCC=C1. The molecule has 0 heterocycles. The van der Waals surface area contributed by atoms with Crippen molar-refractivity contribution in [3.8, 4) is 0 Å². The molecule has 0 aromatic carbocycles. The maximum atomic E-state index is 6.11. The highest BCUT2D eigenvalue weighted by Gasteiger charge is 2.19. The Morgan fingerprint density at radius 3 is 2.71 bits per heavy atom. The van der Waals surface area contributed by atoms with E-state index in [1.165, 1.54) is 49.7 Å². The van der Waals surface area contributed by atoms with Crippen LogP contribution in [0.2, 0.25) is 0 Å². The highest BCUT2D eigenvalue weighted by atomic mass is 14.6. The fourth-order valence-electron chi connectivity index (χ4n) is 3.29. The van der Waals surface area contributed by atoms with E-state index < -0.39 is 0 Å². The molecule has 0 saturated carbocycles. The normalized spacial score (nSPS) is 24.8. The van der Waals surface area contributed by atoms with Gasteiger partial charge in [0.2, 0.25) is 0 Å². The molecule has 3 aliphatic carbocycles. The molecule has 3 aliphatic rings. The molecule has 1 nitrogen and oxygen atoms in total. The van der Waals surface area contributed by atoms with Crippen LogP contribution in [-0.4, -0.2) is 0 Å². The summed E-state index contributed by atoms with van der Waals surface area (Å²) in [5.41, 5.74) is 13.4. The molecule has 2 N–H and O–H groups in total. The standard InChI is InChI=1S/C16H21N/c17-16-8-4-3-7-15(16)14-10-9-12-5-1-2-6-13(12)11-14/h4,8,11H,1-3,5-7,9-10,17H2. The van der Waals surface area contributed by atoms with Crippen molar-refractivity contribution in [1.82, 2.24) is 0 Å². The lowest BCUT2D eigenvalue weighted by Gasteiger charge is -2.26. The molecule has 0 spiro atoms. The summed E-state index contributed by atoms with van der Waals surface area (Å²) < 4.78 is 0. The van der Waals surface area contributed by atoms with Crippen LogP contribution < -0.4 is 5.73 Å². The van der Waals surface area contributed by atoms with E-state index in [2.05, 4.69) is 18.2 Å². The summed E-state index contributed by atoms with van der Waals surface area (Å²) in [5, 5.41) is 0. The average molecular weight is 227 g/mol. The lowest BCUT2D eigenvalue weighted by Crippen LogP contribution is -2.10. The Morgan fingerprint density at radius 2 is 1.82 bits per heavy atom. The molecule has 0 atom stereocenters. The topological polar surface area (TPSA) is 26.0 Å². The van der Waals surface area contributed by atoms with E-state index in [0.29, 0.717) is 0 Å². The van der Waals surface area contributed by atoms with Gasteiger partial charge in [-0.3, -0.25) is 0 Å². The third kappa shape index (κ3) is 2.11. The van der Waals surface area contributed by atoms with Crippen molar-refractivity contribution in [2.24, 2.45) is 5.73 Å². The van der Waals surface area contributed by atoms with Crippen LogP contribution in [-0.2, 0) is 0 Å². The molecule has 17 heavy (non-hydrogen) atoms.